The summed E-state index contributed by atoms with van der Waals surface area (Å²) in [5, 5.41) is 8.98. The Labute approximate surface area is 180 Å². The minimum Gasteiger partial charge on any atom is -0.367 e. The number of fused-ring (bicyclic) bond motifs is 3. The monoisotopic (exact) mass is 414 g/mol. The zero-order valence-electron chi connectivity index (χ0n) is 17.0. The van der Waals surface area contributed by atoms with Crippen LogP contribution in [0.1, 0.15) is 24.0 Å². The maximum Gasteiger partial charge on any atom is 0.248 e. The Morgan fingerprint density at radius 2 is 1.90 bits per heavy atom. The van der Waals surface area contributed by atoms with E-state index in [1.54, 1.807) is 24.7 Å². The van der Waals surface area contributed by atoms with Crippen LogP contribution in [0.2, 0.25) is 0 Å². The van der Waals surface area contributed by atoms with E-state index in [9.17, 15) is 4.79 Å². The molecule has 2 aromatic heterocycles. The zero-order valence-corrected chi connectivity index (χ0v) is 17.0. The molecular weight excluding hydrogens is 392 g/mol. The number of piperazine rings is 1. The Balaban J connectivity index is 1.19. The van der Waals surface area contributed by atoms with Crippen molar-refractivity contribution in [2.45, 2.75) is 31.5 Å². The highest BCUT2D eigenvalue weighted by atomic mass is 16.5. The molecule has 2 atom stereocenters. The summed E-state index contributed by atoms with van der Waals surface area (Å²) < 4.78 is 5.76. The highest BCUT2D eigenvalue weighted by molar-refractivity contribution is 5.79. The van der Waals surface area contributed by atoms with Crippen molar-refractivity contribution in [2.75, 3.05) is 24.6 Å². The first-order valence-electron chi connectivity index (χ1n) is 10.4. The van der Waals surface area contributed by atoms with Crippen molar-refractivity contribution in [2.24, 2.45) is 0 Å². The van der Waals surface area contributed by atoms with Gasteiger partial charge in [-0.2, -0.15) is 5.26 Å². The van der Waals surface area contributed by atoms with E-state index in [0.717, 1.165) is 35.3 Å². The number of amides is 1. The number of nitrogens with zero attached hydrogens (tertiary/aromatic N) is 6. The molecule has 0 radical (unpaired) electrons. The van der Waals surface area contributed by atoms with E-state index in [-0.39, 0.29) is 24.6 Å². The number of carbonyl (C=O) groups excluding carboxylic acids is 1. The molecule has 2 aliphatic rings. The van der Waals surface area contributed by atoms with Gasteiger partial charge < -0.3 is 14.5 Å². The fourth-order valence-corrected chi connectivity index (χ4v) is 4.59. The predicted molar refractivity (Wildman–Crippen MR) is 114 cm³/mol. The van der Waals surface area contributed by atoms with E-state index < -0.39 is 0 Å². The minimum atomic E-state index is 0.00987. The van der Waals surface area contributed by atoms with Crippen molar-refractivity contribution in [3.05, 3.63) is 60.0 Å². The normalized spacial score (nSPS) is 20.1. The van der Waals surface area contributed by atoms with Crippen LogP contribution in [0.25, 0.3) is 11.0 Å². The first-order chi connectivity index (χ1) is 15.2. The van der Waals surface area contributed by atoms with Gasteiger partial charge in [0.1, 0.15) is 18.5 Å². The van der Waals surface area contributed by atoms with Gasteiger partial charge in [-0.1, -0.05) is 12.1 Å². The lowest BCUT2D eigenvalue weighted by Crippen LogP contribution is -2.56. The first kappa shape index (κ1) is 19.4. The molecule has 0 N–H and O–H groups in total. The Hall–Kier alpha value is -3.57. The van der Waals surface area contributed by atoms with Gasteiger partial charge in [0.25, 0.3) is 0 Å². The van der Waals surface area contributed by atoms with Gasteiger partial charge in [0, 0.05) is 49.3 Å². The maximum atomic E-state index is 12.8. The van der Waals surface area contributed by atoms with Gasteiger partial charge in [-0.05, 0) is 31.0 Å². The minimum absolute atomic E-state index is 0.00987. The highest BCUT2D eigenvalue weighted by Gasteiger charge is 2.41. The summed E-state index contributed by atoms with van der Waals surface area (Å²) in [6, 6.07) is 12.1. The van der Waals surface area contributed by atoms with Crippen LogP contribution in [0.4, 0.5) is 5.82 Å². The molecule has 2 aliphatic heterocycles. The molecule has 0 aliphatic carbocycles. The van der Waals surface area contributed by atoms with Gasteiger partial charge in [-0.3, -0.25) is 14.8 Å². The molecule has 0 unspecified atom stereocenters. The topological polar surface area (TPSA) is 95.2 Å². The molecule has 5 rings (SSSR count). The zero-order chi connectivity index (χ0) is 21.2. The van der Waals surface area contributed by atoms with E-state index in [4.69, 9.17) is 10.00 Å². The predicted octanol–water partition coefficient (Wildman–Crippen LogP) is 2.29. The van der Waals surface area contributed by atoms with E-state index in [1.807, 2.05) is 29.2 Å². The number of ether oxygens (including phenoxy) is 1. The molecule has 2 bridgehead atoms. The number of hydrogen-bond acceptors (Lipinski definition) is 7. The fourth-order valence-electron chi connectivity index (χ4n) is 4.59. The Kier molecular flexibility index (Phi) is 5.18. The molecule has 0 saturated carbocycles. The van der Waals surface area contributed by atoms with E-state index >= 15 is 0 Å². The van der Waals surface area contributed by atoms with Crippen molar-refractivity contribution in [3.63, 3.8) is 0 Å². The second-order valence-electron chi connectivity index (χ2n) is 7.94. The average molecular weight is 414 g/mol. The quantitative estimate of drug-likeness (QED) is 0.632. The highest BCUT2D eigenvalue weighted by Crippen LogP contribution is 2.34. The largest absolute Gasteiger partial charge is 0.367 e. The van der Waals surface area contributed by atoms with Crippen LogP contribution in [0, 0.1) is 11.3 Å². The maximum absolute atomic E-state index is 12.8. The second kappa shape index (κ2) is 8.28. The van der Waals surface area contributed by atoms with E-state index in [2.05, 4.69) is 25.9 Å². The van der Waals surface area contributed by atoms with Gasteiger partial charge in [0.2, 0.25) is 5.91 Å². The Bertz CT molecular complexity index is 1120. The molecule has 3 aromatic rings. The van der Waals surface area contributed by atoms with Gasteiger partial charge in [0.05, 0.1) is 23.2 Å². The Morgan fingerprint density at radius 1 is 1.10 bits per heavy atom. The summed E-state index contributed by atoms with van der Waals surface area (Å²) in [6.07, 6.45) is 7.00. The lowest BCUT2D eigenvalue weighted by Gasteiger charge is -2.41. The van der Waals surface area contributed by atoms with Crippen LogP contribution in [0.15, 0.2) is 48.9 Å². The number of nitriles is 1. The smallest absolute Gasteiger partial charge is 0.248 e. The number of pyridine rings is 1. The first-order valence-corrected chi connectivity index (χ1v) is 10.4. The molecule has 31 heavy (non-hydrogen) atoms. The van der Waals surface area contributed by atoms with Crippen molar-refractivity contribution in [3.8, 4) is 6.07 Å². The number of hydrogen-bond donors (Lipinski definition) is 0. The molecule has 156 valence electrons. The molecule has 1 aromatic carbocycles. The van der Waals surface area contributed by atoms with Gasteiger partial charge in [-0.15, -0.1) is 0 Å². The summed E-state index contributed by atoms with van der Waals surface area (Å²) in [4.78, 5) is 30.2. The average Bonchev–Trinajstić information content (AvgIpc) is 3.08. The van der Waals surface area contributed by atoms with Gasteiger partial charge >= 0.3 is 0 Å². The van der Waals surface area contributed by atoms with Crippen LogP contribution >= 0.6 is 0 Å². The second-order valence-corrected chi connectivity index (χ2v) is 7.94. The standard InChI is InChI=1S/C23H22N6O2/c24-10-16-4-7-21(27-11-16)29-18-5-6-19(29)13-28(12-18)22(30)15-31-14-17-2-1-3-20-23(17)26-9-8-25-20/h1-4,7-9,11,18-19H,5-6,12-15H2/t18-,19+. The summed E-state index contributed by atoms with van der Waals surface area (Å²) in [5.41, 5.74) is 3.10. The molecule has 2 saturated heterocycles. The number of rotatable bonds is 5. The number of carbonyl (C=O) groups is 1. The van der Waals surface area contributed by atoms with E-state index in [1.165, 1.54) is 0 Å². The van der Waals surface area contributed by atoms with Crippen LogP contribution in [-0.2, 0) is 16.1 Å². The van der Waals surface area contributed by atoms with Crippen LogP contribution in [0.5, 0.6) is 0 Å². The molecular formula is C23H22N6O2. The van der Waals surface area contributed by atoms with Crippen molar-refractivity contribution in [1.29, 1.82) is 5.26 Å². The third-order valence-electron chi connectivity index (χ3n) is 6.04. The van der Waals surface area contributed by atoms with Gasteiger partial charge in [0.15, 0.2) is 0 Å². The van der Waals surface area contributed by atoms with E-state index in [0.29, 0.717) is 25.3 Å². The van der Waals surface area contributed by atoms with Crippen LogP contribution < -0.4 is 4.90 Å². The molecule has 8 heteroatoms. The molecule has 0 spiro atoms. The van der Waals surface area contributed by atoms with Crippen molar-refractivity contribution < 1.29 is 9.53 Å². The lowest BCUT2D eigenvalue weighted by molar-refractivity contribution is -0.137. The fraction of sp³-hybridized carbons (Fsp3) is 0.348. The number of anilines is 1. The summed E-state index contributed by atoms with van der Waals surface area (Å²) in [6.45, 7) is 1.70. The summed E-state index contributed by atoms with van der Waals surface area (Å²) in [5.74, 6) is 0.891. The SMILES string of the molecule is N#Cc1ccc(N2[C@@H]3CC[C@H]2CN(C(=O)COCc2cccc4nccnc24)C3)nc1. The van der Waals surface area contributed by atoms with Crippen molar-refractivity contribution >= 4 is 22.8 Å². The lowest BCUT2D eigenvalue weighted by atomic mass is 10.1. The number of aromatic nitrogens is 3. The molecule has 8 nitrogen and oxygen atoms in total. The third kappa shape index (κ3) is 3.80. The molecule has 4 heterocycles. The molecule has 1 amide bonds. The summed E-state index contributed by atoms with van der Waals surface area (Å²) in [7, 11) is 0. The van der Waals surface area contributed by atoms with Crippen molar-refractivity contribution in [1.82, 2.24) is 19.9 Å². The van der Waals surface area contributed by atoms with Crippen LogP contribution in [-0.4, -0.2) is 57.5 Å². The Morgan fingerprint density at radius 3 is 2.65 bits per heavy atom. The van der Waals surface area contributed by atoms with Gasteiger partial charge in [-0.25, -0.2) is 4.98 Å². The summed E-state index contributed by atoms with van der Waals surface area (Å²) >= 11 is 0. The molecule has 2 fully saturated rings. The number of benzene rings is 1. The van der Waals surface area contributed by atoms with Crippen LogP contribution in [0.3, 0.4) is 0 Å². The third-order valence-corrected chi connectivity index (χ3v) is 6.04. The number of para-hydroxylation sites is 1. The number of likely N-dealkylation sites (tertiary alicyclic amines) is 1.